The molecule has 4 heterocycles. The van der Waals surface area contributed by atoms with Crippen LogP contribution in [-0.4, -0.2) is 40.7 Å². The van der Waals surface area contributed by atoms with Crippen LogP contribution in [0.5, 0.6) is 0 Å². The second-order valence-electron chi connectivity index (χ2n) is 9.79. The number of hydrogen-bond donors (Lipinski definition) is 1. The molecule has 0 bridgehead atoms. The molecule has 1 aliphatic carbocycles. The molecule has 1 aromatic carbocycles. The summed E-state index contributed by atoms with van der Waals surface area (Å²) in [5.41, 5.74) is 6.67. The molecule has 4 nitrogen and oxygen atoms in total. The summed E-state index contributed by atoms with van der Waals surface area (Å²) in [6.07, 6.45) is 7.95. The fourth-order valence-corrected chi connectivity index (χ4v) is 5.43. The van der Waals surface area contributed by atoms with Gasteiger partial charge in [-0.1, -0.05) is 13.8 Å². The highest BCUT2D eigenvalue weighted by Gasteiger charge is 2.31. The largest absolute Gasteiger partial charge is 0.346 e. The normalized spacial score (nSPS) is 21.0. The van der Waals surface area contributed by atoms with Gasteiger partial charge in [-0.2, -0.15) is 0 Å². The number of H-pyrrole nitrogens is 1. The van der Waals surface area contributed by atoms with Crippen molar-refractivity contribution in [3.63, 3.8) is 0 Å². The fraction of sp³-hybridized carbons (Fsp3) is 0.500. The number of fused-ring (bicyclic) bond motifs is 2. The molecule has 1 atom stereocenters. The summed E-state index contributed by atoms with van der Waals surface area (Å²) in [4.78, 5) is 15.2. The topological polar surface area (TPSA) is 44.3 Å². The van der Waals surface area contributed by atoms with Crippen molar-refractivity contribution in [3.05, 3.63) is 47.5 Å². The quantitative estimate of drug-likeness (QED) is 0.451. The Bertz CT molecular complexity index is 1190. The zero-order valence-electron chi connectivity index (χ0n) is 20.3. The molecule has 3 aromatic rings. The van der Waals surface area contributed by atoms with Crippen LogP contribution in [0, 0.1) is 11.7 Å². The van der Waals surface area contributed by atoms with E-state index >= 15 is 4.39 Å². The molecule has 1 saturated heterocycles. The number of likely N-dealkylation sites (tertiary alicyclic amines) is 1. The number of nitrogens with zero attached hydrogens (tertiary/aromatic N) is 3. The average molecular weight is 449 g/mol. The minimum Gasteiger partial charge on any atom is -0.346 e. The Morgan fingerprint density at radius 3 is 2.61 bits per heavy atom. The molecular formula is C28H37FN4. The minimum absolute atomic E-state index is 0. The van der Waals surface area contributed by atoms with E-state index in [2.05, 4.69) is 47.0 Å². The van der Waals surface area contributed by atoms with Gasteiger partial charge in [0.2, 0.25) is 0 Å². The first kappa shape index (κ1) is 22.3. The van der Waals surface area contributed by atoms with Crippen molar-refractivity contribution < 1.29 is 5.82 Å². The smallest absolute Gasteiger partial charge is 0.149 e. The van der Waals surface area contributed by atoms with E-state index in [1.807, 2.05) is 20.0 Å². The van der Waals surface area contributed by atoms with Gasteiger partial charge >= 0.3 is 0 Å². The third kappa shape index (κ3) is 4.23. The summed E-state index contributed by atoms with van der Waals surface area (Å²) < 4.78 is 15.2. The summed E-state index contributed by atoms with van der Waals surface area (Å²) in [5.74, 6) is 1.31. The number of aromatic amines is 1. The van der Waals surface area contributed by atoms with Crippen molar-refractivity contribution >= 4 is 22.4 Å². The molecule has 0 amide bonds. The first-order valence-electron chi connectivity index (χ1n) is 12.6. The van der Waals surface area contributed by atoms with E-state index < -0.39 is 0 Å². The lowest BCUT2D eigenvalue weighted by molar-refractivity contribution is 0.211. The van der Waals surface area contributed by atoms with Gasteiger partial charge in [-0.25, -0.2) is 9.37 Å². The van der Waals surface area contributed by atoms with E-state index in [0.717, 1.165) is 52.9 Å². The summed E-state index contributed by atoms with van der Waals surface area (Å²) in [6.45, 7) is 8.37. The number of halogens is 1. The molecule has 1 N–H and O–H groups in total. The van der Waals surface area contributed by atoms with E-state index in [1.54, 1.807) is 6.07 Å². The summed E-state index contributed by atoms with van der Waals surface area (Å²) in [6, 6.07) is 8.10. The number of nitrogens with one attached hydrogen (secondary N) is 1. The standard InChI is InChI=1S/C26H29FN4.C2H6.H2/c1-15-20(11-16-7-9-31(2)10-8-16)21-12-18(13-23(27)25(21)29-15)22-14-28-26-19(22)5-6-24(30-26)17-3-4-17;1-2;/h5-6,12-14,16-17,20H,3-4,7-11H2,1-2H3,(H,28,30);1-2H3;1H. The SMILES string of the molecule is CC.CC1=Nc2c(F)cc(-c3c[nH]c4nc(C5CC5)ccc34)cc2C1CC1CCN(C)CC1.[HH]. The van der Waals surface area contributed by atoms with Crippen LogP contribution >= 0.6 is 0 Å². The third-order valence-corrected chi connectivity index (χ3v) is 7.53. The molecule has 0 spiro atoms. The molecule has 1 saturated carbocycles. The predicted molar refractivity (Wildman–Crippen MR) is 137 cm³/mol. The number of aromatic nitrogens is 2. The lowest BCUT2D eigenvalue weighted by atomic mass is 9.82. The molecule has 2 fully saturated rings. The Kier molecular flexibility index (Phi) is 6.09. The Morgan fingerprint density at radius 1 is 1.12 bits per heavy atom. The Hall–Kier alpha value is -2.53. The van der Waals surface area contributed by atoms with Crippen LogP contribution in [0.2, 0.25) is 0 Å². The van der Waals surface area contributed by atoms with Crippen molar-refractivity contribution in [3.8, 4) is 11.1 Å². The number of pyridine rings is 1. The zero-order valence-corrected chi connectivity index (χ0v) is 20.3. The summed E-state index contributed by atoms with van der Waals surface area (Å²) >= 11 is 0. The van der Waals surface area contributed by atoms with Gasteiger partial charge in [0.25, 0.3) is 0 Å². The highest BCUT2D eigenvalue weighted by Crippen LogP contribution is 2.45. The predicted octanol–water partition coefficient (Wildman–Crippen LogP) is 7.44. The first-order valence-corrected chi connectivity index (χ1v) is 12.6. The molecule has 6 rings (SSSR count). The maximum absolute atomic E-state index is 15.2. The van der Waals surface area contributed by atoms with Crippen molar-refractivity contribution in [1.82, 2.24) is 14.9 Å². The minimum atomic E-state index is -0.213. The fourth-order valence-electron chi connectivity index (χ4n) is 5.43. The van der Waals surface area contributed by atoms with Gasteiger partial charge in [0.15, 0.2) is 0 Å². The van der Waals surface area contributed by atoms with Gasteiger partial charge in [-0.3, -0.25) is 4.99 Å². The Labute approximate surface area is 197 Å². The van der Waals surface area contributed by atoms with Gasteiger partial charge in [0, 0.05) is 41.8 Å². The van der Waals surface area contributed by atoms with Crippen LogP contribution in [0.15, 0.2) is 35.5 Å². The lowest BCUT2D eigenvalue weighted by Crippen LogP contribution is -2.31. The molecule has 3 aliphatic rings. The molecule has 33 heavy (non-hydrogen) atoms. The summed E-state index contributed by atoms with van der Waals surface area (Å²) in [7, 11) is 2.19. The van der Waals surface area contributed by atoms with E-state index in [9.17, 15) is 0 Å². The van der Waals surface area contributed by atoms with Crippen molar-refractivity contribution in [2.24, 2.45) is 10.9 Å². The molecular weight excluding hydrogens is 411 g/mol. The van der Waals surface area contributed by atoms with E-state index in [4.69, 9.17) is 4.98 Å². The maximum atomic E-state index is 15.2. The second kappa shape index (κ2) is 9.02. The number of piperidine rings is 1. The van der Waals surface area contributed by atoms with Gasteiger partial charge in [-0.05, 0) is 100 Å². The van der Waals surface area contributed by atoms with Crippen LogP contribution < -0.4 is 0 Å². The molecule has 5 heteroatoms. The third-order valence-electron chi connectivity index (χ3n) is 7.53. The number of aliphatic imine (C=N–C) groups is 1. The van der Waals surface area contributed by atoms with E-state index in [1.165, 1.54) is 31.4 Å². The lowest BCUT2D eigenvalue weighted by Gasteiger charge is -2.30. The van der Waals surface area contributed by atoms with Gasteiger partial charge in [0.1, 0.15) is 17.2 Å². The summed E-state index contributed by atoms with van der Waals surface area (Å²) in [5, 5.41) is 1.06. The van der Waals surface area contributed by atoms with Crippen molar-refractivity contribution in [1.29, 1.82) is 0 Å². The Morgan fingerprint density at radius 2 is 1.88 bits per heavy atom. The number of benzene rings is 1. The molecule has 2 aliphatic heterocycles. The van der Waals surface area contributed by atoms with Gasteiger partial charge in [0.05, 0.1) is 0 Å². The van der Waals surface area contributed by atoms with E-state index in [-0.39, 0.29) is 13.2 Å². The number of rotatable bonds is 4. The molecule has 2 aromatic heterocycles. The van der Waals surface area contributed by atoms with Crippen molar-refractivity contribution in [2.45, 2.75) is 64.7 Å². The maximum Gasteiger partial charge on any atom is 0.149 e. The molecule has 176 valence electrons. The van der Waals surface area contributed by atoms with Crippen molar-refractivity contribution in [2.75, 3.05) is 20.1 Å². The highest BCUT2D eigenvalue weighted by molar-refractivity contribution is 5.99. The van der Waals surface area contributed by atoms with E-state index in [0.29, 0.717) is 17.5 Å². The molecule has 0 radical (unpaired) electrons. The number of hydrogen-bond acceptors (Lipinski definition) is 3. The second-order valence-corrected chi connectivity index (χ2v) is 9.79. The monoisotopic (exact) mass is 448 g/mol. The molecule has 1 unspecified atom stereocenters. The van der Waals surface area contributed by atoms with Gasteiger partial charge in [-0.15, -0.1) is 0 Å². The van der Waals surface area contributed by atoms with Gasteiger partial charge < -0.3 is 9.88 Å². The van der Waals surface area contributed by atoms with Crippen LogP contribution in [-0.2, 0) is 0 Å². The zero-order chi connectivity index (χ0) is 23.1. The Balaban J connectivity index is 0.000000890. The van der Waals surface area contributed by atoms with Crippen LogP contribution in [0.25, 0.3) is 22.2 Å². The van der Waals surface area contributed by atoms with Crippen LogP contribution in [0.1, 0.15) is 77.4 Å². The first-order chi connectivity index (χ1) is 16.1. The van der Waals surface area contributed by atoms with Crippen LogP contribution in [0.3, 0.4) is 0 Å². The van der Waals surface area contributed by atoms with Crippen LogP contribution in [0.4, 0.5) is 10.1 Å². The average Bonchev–Trinajstić information content (AvgIpc) is 3.52. The highest BCUT2D eigenvalue weighted by atomic mass is 19.1.